The number of hydrogen-bond donors (Lipinski definition) is 0. The fourth-order valence-corrected chi connectivity index (χ4v) is 1.65. The third kappa shape index (κ3) is 1.98. The average molecular weight is 217 g/mol. The summed E-state index contributed by atoms with van der Waals surface area (Å²) in [5.74, 6) is 0.174. The van der Waals surface area contributed by atoms with E-state index >= 15 is 0 Å². The summed E-state index contributed by atoms with van der Waals surface area (Å²) in [6.45, 7) is 0.559. The molecule has 0 radical (unpaired) electrons. The van der Waals surface area contributed by atoms with Crippen molar-refractivity contribution in [2.75, 3.05) is 18.9 Å². The van der Waals surface area contributed by atoms with E-state index in [1.807, 2.05) is 0 Å². The van der Waals surface area contributed by atoms with Crippen molar-refractivity contribution in [3.8, 4) is 0 Å². The van der Waals surface area contributed by atoms with Crippen molar-refractivity contribution >= 4 is 29.1 Å². The van der Waals surface area contributed by atoms with E-state index in [0.717, 1.165) is 5.75 Å². The van der Waals surface area contributed by atoms with Crippen molar-refractivity contribution in [2.24, 2.45) is 4.99 Å². The van der Waals surface area contributed by atoms with Gasteiger partial charge in [-0.25, -0.2) is 14.6 Å². The van der Waals surface area contributed by atoms with Gasteiger partial charge in [0.15, 0.2) is 0 Å². The molecular weight excluding hydrogens is 210 g/mol. The zero-order valence-electron chi connectivity index (χ0n) is 7.10. The monoisotopic (exact) mass is 217 g/mol. The zero-order valence-corrected chi connectivity index (χ0v) is 7.91. The lowest BCUT2D eigenvalue weighted by Gasteiger charge is -2.05. The summed E-state index contributed by atoms with van der Waals surface area (Å²) >= 11 is 1.36. The van der Waals surface area contributed by atoms with Gasteiger partial charge in [-0.1, -0.05) is 11.8 Å². The van der Waals surface area contributed by atoms with Gasteiger partial charge in [-0.3, -0.25) is 0 Å². The number of carbonyl (C=O) groups is 2. The fraction of sp³-hybridized carbons (Fsp3) is 0.571. The number of nitrogens with zero attached hydrogens (tertiary/aromatic N) is 1. The molecule has 0 saturated carbocycles. The van der Waals surface area contributed by atoms with Gasteiger partial charge in [-0.05, 0) is 0 Å². The Hall–Kier alpha value is -1.24. The number of ether oxygens (including phenoxy) is 3. The third-order valence-electron chi connectivity index (χ3n) is 1.60. The van der Waals surface area contributed by atoms with Crippen LogP contribution in [0.4, 0.5) is 4.79 Å². The summed E-state index contributed by atoms with van der Waals surface area (Å²) in [7, 11) is 0. The van der Waals surface area contributed by atoms with Crippen LogP contribution >= 0.6 is 11.8 Å². The van der Waals surface area contributed by atoms with E-state index in [1.165, 1.54) is 11.8 Å². The highest BCUT2D eigenvalue weighted by atomic mass is 32.2. The number of hydrogen-bond acceptors (Lipinski definition) is 7. The van der Waals surface area contributed by atoms with Crippen LogP contribution in [0.5, 0.6) is 0 Å². The Morgan fingerprint density at radius 1 is 1.64 bits per heavy atom. The van der Waals surface area contributed by atoms with E-state index in [1.54, 1.807) is 0 Å². The second-order valence-corrected chi connectivity index (χ2v) is 3.63. The Morgan fingerprint density at radius 2 is 2.50 bits per heavy atom. The standard InChI is InChI=1S/C7H7NO5S/c9-5(4-3-11-7(10)12-4)13-6-8-1-2-14-6/h4H,1-3H2. The molecule has 0 N–H and O–H groups in total. The van der Waals surface area contributed by atoms with Crippen LogP contribution in [0.25, 0.3) is 0 Å². The first-order valence-corrected chi connectivity index (χ1v) is 4.96. The molecule has 0 aliphatic carbocycles. The second kappa shape index (κ2) is 3.87. The molecule has 0 aromatic carbocycles. The summed E-state index contributed by atoms with van der Waals surface area (Å²) in [5.41, 5.74) is 0. The first-order chi connectivity index (χ1) is 6.75. The maximum Gasteiger partial charge on any atom is 0.509 e. The van der Waals surface area contributed by atoms with Crippen molar-refractivity contribution in [2.45, 2.75) is 6.10 Å². The van der Waals surface area contributed by atoms with E-state index in [0.29, 0.717) is 11.8 Å². The molecule has 2 aliphatic rings. The minimum atomic E-state index is -0.952. The van der Waals surface area contributed by atoms with Crippen LogP contribution in [0.2, 0.25) is 0 Å². The Balaban J connectivity index is 1.86. The number of aliphatic imine (C=N–C) groups is 1. The number of carbonyl (C=O) groups excluding carboxylic acids is 2. The minimum Gasteiger partial charge on any atom is -0.430 e. The molecule has 2 heterocycles. The van der Waals surface area contributed by atoms with Crippen LogP contribution in [0.3, 0.4) is 0 Å². The zero-order chi connectivity index (χ0) is 9.97. The van der Waals surface area contributed by atoms with E-state index in [9.17, 15) is 9.59 Å². The molecule has 1 saturated heterocycles. The van der Waals surface area contributed by atoms with Crippen molar-refractivity contribution in [3.63, 3.8) is 0 Å². The van der Waals surface area contributed by atoms with Gasteiger partial charge < -0.3 is 14.2 Å². The molecule has 0 amide bonds. The quantitative estimate of drug-likeness (QED) is 0.583. The average Bonchev–Trinajstić information content (AvgIpc) is 2.75. The molecule has 0 aromatic rings. The van der Waals surface area contributed by atoms with Crippen LogP contribution in [0, 0.1) is 0 Å². The molecule has 6 nitrogen and oxygen atoms in total. The molecule has 1 unspecified atom stereocenters. The largest absolute Gasteiger partial charge is 0.509 e. The van der Waals surface area contributed by atoms with Gasteiger partial charge in [0.1, 0.15) is 6.61 Å². The summed E-state index contributed by atoms with van der Waals surface area (Å²) in [6.07, 6.45) is -1.79. The summed E-state index contributed by atoms with van der Waals surface area (Å²) in [5, 5.41) is 0.331. The van der Waals surface area contributed by atoms with Crippen LogP contribution < -0.4 is 0 Å². The van der Waals surface area contributed by atoms with Gasteiger partial charge >= 0.3 is 12.1 Å². The van der Waals surface area contributed by atoms with Crippen molar-refractivity contribution in [1.29, 1.82) is 0 Å². The van der Waals surface area contributed by atoms with Gasteiger partial charge in [0, 0.05) is 5.75 Å². The molecular formula is C7H7NO5S. The lowest BCUT2D eigenvalue weighted by molar-refractivity contribution is -0.142. The molecule has 1 fully saturated rings. The highest BCUT2D eigenvalue weighted by Gasteiger charge is 2.34. The minimum absolute atomic E-state index is 0.0877. The molecule has 1 atom stereocenters. The van der Waals surface area contributed by atoms with Crippen LogP contribution in [0.1, 0.15) is 0 Å². The Labute approximate surface area is 83.6 Å². The van der Waals surface area contributed by atoms with Gasteiger partial charge in [0.2, 0.25) is 6.10 Å². The van der Waals surface area contributed by atoms with Crippen LogP contribution in [-0.4, -0.2) is 42.4 Å². The van der Waals surface area contributed by atoms with Gasteiger partial charge in [0.05, 0.1) is 6.54 Å². The summed E-state index contributed by atoms with van der Waals surface area (Å²) < 4.78 is 13.8. The van der Waals surface area contributed by atoms with Gasteiger partial charge in [-0.15, -0.1) is 0 Å². The highest BCUT2D eigenvalue weighted by molar-refractivity contribution is 8.13. The van der Waals surface area contributed by atoms with E-state index in [4.69, 9.17) is 4.74 Å². The van der Waals surface area contributed by atoms with Gasteiger partial charge in [-0.2, -0.15) is 0 Å². The first-order valence-electron chi connectivity index (χ1n) is 3.98. The predicted molar refractivity (Wildman–Crippen MR) is 47.1 cm³/mol. The summed E-state index contributed by atoms with van der Waals surface area (Å²) in [4.78, 5) is 25.7. The van der Waals surface area contributed by atoms with Crippen LogP contribution in [-0.2, 0) is 19.0 Å². The SMILES string of the molecule is O=C1OCC(C(=O)OC2=NCCS2)O1. The molecule has 0 spiro atoms. The van der Waals surface area contributed by atoms with Gasteiger partial charge in [0.25, 0.3) is 5.23 Å². The lowest BCUT2D eigenvalue weighted by Crippen LogP contribution is -2.26. The smallest absolute Gasteiger partial charge is 0.430 e. The Morgan fingerprint density at radius 3 is 3.07 bits per heavy atom. The Kier molecular flexibility index (Phi) is 2.58. The molecule has 0 bridgehead atoms. The fourth-order valence-electron chi connectivity index (χ4n) is 0.973. The van der Waals surface area contributed by atoms with E-state index in [-0.39, 0.29) is 6.61 Å². The Bertz CT molecular complexity index is 302. The van der Waals surface area contributed by atoms with E-state index in [2.05, 4.69) is 14.5 Å². The topological polar surface area (TPSA) is 74.2 Å². The third-order valence-corrected chi connectivity index (χ3v) is 2.45. The number of rotatable bonds is 1. The molecule has 2 rings (SSSR count). The molecule has 7 heteroatoms. The maximum absolute atomic E-state index is 11.3. The van der Waals surface area contributed by atoms with Crippen molar-refractivity contribution in [3.05, 3.63) is 0 Å². The normalized spacial score (nSPS) is 25.3. The van der Waals surface area contributed by atoms with E-state index < -0.39 is 18.2 Å². The number of esters is 1. The maximum atomic E-state index is 11.3. The number of thioether (sulfide) groups is 1. The molecule has 14 heavy (non-hydrogen) atoms. The van der Waals surface area contributed by atoms with Crippen molar-refractivity contribution < 1.29 is 23.8 Å². The highest BCUT2D eigenvalue weighted by Crippen LogP contribution is 2.15. The lowest BCUT2D eigenvalue weighted by atomic mass is 10.4. The van der Waals surface area contributed by atoms with Crippen molar-refractivity contribution in [1.82, 2.24) is 0 Å². The number of cyclic esters (lactones) is 2. The molecule has 0 aromatic heterocycles. The molecule has 76 valence electrons. The summed E-state index contributed by atoms with van der Waals surface area (Å²) in [6, 6.07) is 0. The predicted octanol–water partition coefficient (Wildman–Crippen LogP) is 0.168. The second-order valence-electron chi connectivity index (χ2n) is 2.58. The van der Waals surface area contributed by atoms with Crippen LogP contribution in [0.15, 0.2) is 4.99 Å². The molecule has 2 aliphatic heterocycles. The first kappa shape index (κ1) is 9.32.